The molecule has 0 amide bonds. The Morgan fingerprint density at radius 2 is 2.08 bits per heavy atom. The standard InChI is InChI=1S/C19H22N6/c1-12(15-5-3-4-6-17(15)20)19-22-8-13-7-21-10-16(18(13)24-19)14-9-23-25(2)11-14/h7-11,17H,3-6,20H2,1-2H3/b15-12+. The first kappa shape index (κ1) is 15.9. The smallest absolute Gasteiger partial charge is 0.155 e. The second kappa shape index (κ2) is 6.37. The van der Waals surface area contributed by atoms with Crippen LogP contribution in [0.4, 0.5) is 0 Å². The molecule has 1 saturated carbocycles. The second-order valence-corrected chi connectivity index (χ2v) is 6.72. The molecule has 0 aliphatic heterocycles. The fraction of sp³-hybridized carbons (Fsp3) is 0.368. The first-order valence-electron chi connectivity index (χ1n) is 8.69. The molecule has 25 heavy (non-hydrogen) atoms. The van der Waals surface area contributed by atoms with Crippen molar-refractivity contribution >= 4 is 16.5 Å². The number of aryl methyl sites for hydroxylation is 1. The van der Waals surface area contributed by atoms with Crippen LogP contribution in [0, 0.1) is 0 Å². The van der Waals surface area contributed by atoms with E-state index in [1.807, 2.05) is 31.8 Å². The van der Waals surface area contributed by atoms with Crippen molar-refractivity contribution in [1.29, 1.82) is 0 Å². The molecule has 0 bridgehead atoms. The van der Waals surface area contributed by atoms with Crippen LogP contribution >= 0.6 is 0 Å². The highest BCUT2D eigenvalue weighted by atomic mass is 15.2. The average Bonchev–Trinajstić information content (AvgIpc) is 3.07. The highest BCUT2D eigenvalue weighted by Crippen LogP contribution is 2.30. The largest absolute Gasteiger partial charge is 0.324 e. The fourth-order valence-electron chi connectivity index (χ4n) is 3.56. The van der Waals surface area contributed by atoms with E-state index in [4.69, 9.17) is 10.7 Å². The van der Waals surface area contributed by atoms with Gasteiger partial charge in [-0.25, -0.2) is 9.97 Å². The summed E-state index contributed by atoms with van der Waals surface area (Å²) >= 11 is 0. The molecule has 0 saturated heterocycles. The molecule has 0 aromatic carbocycles. The van der Waals surface area contributed by atoms with E-state index in [9.17, 15) is 0 Å². The van der Waals surface area contributed by atoms with Crippen molar-refractivity contribution in [3.63, 3.8) is 0 Å². The predicted octanol–water partition coefficient (Wildman–Crippen LogP) is 3.10. The number of nitrogens with two attached hydrogens (primary N) is 1. The fourth-order valence-corrected chi connectivity index (χ4v) is 3.56. The summed E-state index contributed by atoms with van der Waals surface area (Å²) in [6, 6.07) is 0.128. The van der Waals surface area contributed by atoms with Gasteiger partial charge in [0.1, 0.15) is 0 Å². The van der Waals surface area contributed by atoms with E-state index >= 15 is 0 Å². The molecule has 0 spiro atoms. The molecule has 1 aliphatic carbocycles. The molecular formula is C19H22N6. The Balaban J connectivity index is 1.86. The molecule has 1 atom stereocenters. The van der Waals surface area contributed by atoms with Gasteiger partial charge in [0, 0.05) is 54.4 Å². The number of aromatic nitrogens is 5. The molecule has 128 valence electrons. The Bertz CT molecular complexity index is 955. The monoisotopic (exact) mass is 334 g/mol. The number of rotatable bonds is 2. The van der Waals surface area contributed by atoms with Gasteiger partial charge in [0.25, 0.3) is 0 Å². The van der Waals surface area contributed by atoms with Crippen LogP contribution in [0.5, 0.6) is 0 Å². The van der Waals surface area contributed by atoms with Crippen LogP contribution in [0.2, 0.25) is 0 Å². The number of hydrogen-bond acceptors (Lipinski definition) is 5. The summed E-state index contributed by atoms with van der Waals surface area (Å²) in [6.07, 6.45) is 13.8. The Morgan fingerprint density at radius 1 is 1.20 bits per heavy atom. The van der Waals surface area contributed by atoms with Gasteiger partial charge in [0.05, 0.1) is 11.7 Å². The van der Waals surface area contributed by atoms with E-state index in [2.05, 4.69) is 22.0 Å². The highest BCUT2D eigenvalue weighted by molar-refractivity contribution is 5.92. The molecule has 0 radical (unpaired) electrons. The molecule has 3 aromatic heterocycles. The summed E-state index contributed by atoms with van der Waals surface area (Å²) in [5, 5.41) is 5.19. The quantitative estimate of drug-likeness (QED) is 0.778. The third kappa shape index (κ3) is 2.93. The van der Waals surface area contributed by atoms with Crippen LogP contribution in [-0.2, 0) is 7.05 Å². The minimum absolute atomic E-state index is 0.128. The zero-order valence-electron chi connectivity index (χ0n) is 14.6. The molecule has 2 N–H and O–H groups in total. The third-order valence-electron chi connectivity index (χ3n) is 4.98. The van der Waals surface area contributed by atoms with Crippen molar-refractivity contribution in [1.82, 2.24) is 24.7 Å². The SMILES string of the molecule is C/C(=C1/CCCCC1N)c1ncc2cncc(-c3cnn(C)c3)c2n1. The number of fused-ring (bicyclic) bond motifs is 1. The van der Waals surface area contributed by atoms with Gasteiger partial charge >= 0.3 is 0 Å². The summed E-state index contributed by atoms with van der Waals surface area (Å²) in [5.74, 6) is 0.760. The topological polar surface area (TPSA) is 82.5 Å². The van der Waals surface area contributed by atoms with Crippen LogP contribution in [0.25, 0.3) is 27.6 Å². The lowest BCUT2D eigenvalue weighted by atomic mass is 9.87. The summed E-state index contributed by atoms with van der Waals surface area (Å²) in [7, 11) is 1.90. The van der Waals surface area contributed by atoms with Crippen LogP contribution in [-0.4, -0.2) is 30.8 Å². The van der Waals surface area contributed by atoms with Crippen LogP contribution < -0.4 is 5.73 Å². The van der Waals surface area contributed by atoms with Crippen molar-refractivity contribution in [2.75, 3.05) is 0 Å². The lowest BCUT2D eigenvalue weighted by Crippen LogP contribution is -2.26. The van der Waals surface area contributed by atoms with E-state index < -0.39 is 0 Å². The van der Waals surface area contributed by atoms with Crippen molar-refractivity contribution in [2.45, 2.75) is 38.6 Å². The molecule has 1 unspecified atom stereocenters. The van der Waals surface area contributed by atoms with Crippen molar-refractivity contribution in [2.24, 2.45) is 12.8 Å². The molecule has 3 heterocycles. The predicted molar refractivity (Wildman–Crippen MR) is 98.6 cm³/mol. The summed E-state index contributed by atoms with van der Waals surface area (Å²) in [5.41, 5.74) is 11.6. The number of allylic oxidation sites excluding steroid dienone is 1. The maximum atomic E-state index is 6.32. The second-order valence-electron chi connectivity index (χ2n) is 6.72. The number of hydrogen-bond donors (Lipinski definition) is 1. The van der Waals surface area contributed by atoms with Crippen LogP contribution in [0.15, 0.2) is 36.6 Å². The summed E-state index contributed by atoms with van der Waals surface area (Å²) < 4.78 is 1.78. The average molecular weight is 334 g/mol. The zero-order valence-corrected chi connectivity index (χ0v) is 14.6. The third-order valence-corrected chi connectivity index (χ3v) is 4.98. The maximum absolute atomic E-state index is 6.32. The first-order valence-corrected chi connectivity index (χ1v) is 8.69. The van der Waals surface area contributed by atoms with E-state index in [-0.39, 0.29) is 6.04 Å². The molecule has 1 aliphatic rings. The summed E-state index contributed by atoms with van der Waals surface area (Å²) in [4.78, 5) is 13.8. The number of nitrogens with zero attached hydrogens (tertiary/aromatic N) is 5. The van der Waals surface area contributed by atoms with Gasteiger partial charge in [-0.05, 0) is 37.3 Å². The number of pyridine rings is 1. The lowest BCUT2D eigenvalue weighted by Gasteiger charge is -2.23. The molecule has 1 fully saturated rings. The van der Waals surface area contributed by atoms with Crippen LogP contribution in [0.3, 0.4) is 0 Å². The van der Waals surface area contributed by atoms with E-state index in [0.717, 1.165) is 46.3 Å². The Labute approximate surface area is 146 Å². The van der Waals surface area contributed by atoms with Crippen LogP contribution in [0.1, 0.15) is 38.4 Å². The van der Waals surface area contributed by atoms with Gasteiger partial charge in [0.2, 0.25) is 0 Å². The molecule has 4 rings (SSSR count). The normalized spacial score (nSPS) is 20.0. The van der Waals surface area contributed by atoms with Gasteiger partial charge < -0.3 is 5.73 Å². The van der Waals surface area contributed by atoms with Crippen molar-refractivity contribution < 1.29 is 0 Å². The van der Waals surface area contributed by atoms with Gasteiger partial charge in [0.15, 0.2) is 5.82 Å². The van der Waals surface area contributed by atoms with Gasteiger partial charge in [-0.3, -0.25) is 9.67 Å². The van der Waals surface area contributed by atoms with Gasteiger partial charge in [-0.2, -0.15) is 5.10 Å². The molecular weight excluding hydrogens is 312 g/mol. The Kier molecular flexibility index (Phi) is 4.05. The zero-order chi connectivity index (χ0) is 17.4. The minimum atomic E-state index is 0.128. The summed E-state index contributed by atoms with van der Waals surface area (Å²) in [6.45, 7) is 2.09. The first-order chi connectivity index (χ1) is 12.1. The van der Waals surface area contributed by atoms with Crippen molar-refractivity contribution in [3.8, 4) is 11.1 Å². The Morgan fingerprint density at radius 3 is 2.84 bits per heavy atom. The van der Waals surface area contributed by atoms with Gasteiger partial charge in [-0.15, -0.1) is 0 Å². The van der Waals surface area contributed by atoms with E-state index in [0.29, 0.717) is 0 Å². The van der Waals surface area contributed by atoms with E-state index in [1.54, 1.807) is 10.9 Å². The highest BCUT2D eigenvalue weighted by Gasteiger charge is 2.19. The van der Waals surface area contributed by atoms with E-state index in [1.165, 1.54) is 18.4 Å². The lowest BCUT2D eigenvalue weighted by molar-refractivity contribution is 0.537. The molecule has 3 aromatic rings. The van der Waals surface area contributed by atoms with Crippen molar-refractivity contribution in [3.05, 3.63) is 42.4 Å². The van der Waals surface area contributed by atoms with Gasteiger partial charge in [-0.1, -0.05) is 6.42 Å². The molecule has 6 heteroatoms. The minimum Gasteiger partial charge on any atom is -0.324 e. The Hall–Kier alpha value is -2.60. The molecule has 6 nitrogen and oxygen atoms in total. The maximum Gasteiger partial charge on any atom is 0.155 e.